The predicted octanol–water partition coefficient (Wildman–Crippen LogP) is 5.05. The summed E-state index contributed by atoms with van der Waals surface area (Å²) in [6.07, 6.45) is 5.05. The summed E-state index contributed by atoms with van der Waals surface area (Å²) < 4.78 is 36.2. The zero-order valence-electron chi connectivity index (χ0n) is 13.4. The molecule has 2 nitrogen and oxygen atoms in total. The van der Waals surface area contributed by atoms with Crippen LogP contribution in [0.4, 0.5) is 13.2 Å². The van der Waals surface area contributed by atoms with Gasteiger partial charge < -0.3 is 5.32 Å². The molecule has 0 aliphatic heterocycles. The van der Waals surface area contributed by atoms with Crippen molar-refractivity contribution < 1.29 is 18.0 Å². The summed E-state index contributed by atoms with van der Waals surface area (Å²) in [5, 5.41) is 1.82. The van der Waals surface area contributed by atoms with Crippen molar-refractivity contribution in [3.05, 3.63) is 35.9 Å². The van der Waals surface area contributed by atoms with Gasteiger partial charge in [-0.05, 0) is 36.5 Å². The van der Waals surface area contributed by atoms with Gasteiger partial charge >= 0.3 is 12.1 Å². The number of nitrogens with one attached hydrogen (secondary N) is 1. The number of halogens is 3. The van der Waals surface area contributed by atoms with Gasteiger partial charge in [-0.2, -0.15) is 13.2 Å². The van der Waals surface area contributed by atoms with Crippen molar-refractivity contribution in [2.24, 2.45) is 5.92 Å². The molecule has 1 saturated carbocycles. The molecule has 1 N–H and O–H groups in total. The van der Waals surface area contributed by atoms with Gasteiger partial charge in [0.05, 0.1) is 0 Å². The molecule has 0 saturated heterocycles. The Morgan fingerprint density at radius 1 is 1.25 bits per heavy atom. The second-order valence-corrected chi connectivity index (χ2v) is 7.09. The molecule has 132 valence electrons. The molecule has 0 unspecified atom stereocenters. The highest BCUT2D eigenvalue weighted by Gasteiger charge is 2.37. The third-order valence-electron chi connectivity index (χ3n) is 4.02. The Morgan fingerprint density at radius 3 is 2.71 bits per heavy atom. The molecular weight excluding hydrogens is 335 g/mol. The molecule has 0 heterocycles. The zero-order valence-corrected chi connectivity index (χ0v) is 14.3. The van der Waals surface area contributed by atoms with Crippen LogP contribution in [0, 0.1) is 5.92 Å². The number of rotatable bonds is 6. The van der Waals surface area contributed by atoms with Gasteiger partial charge in [0.15, 0.2) is 0 Å². The maximum atomic E-state index is 12.1. The predicted molar refractivity (Wildman–Crippen MR) is 91.8 cm³/mol. The molecule has 1 amide bonds. The minimum atomic E-state index is -4.83. The maximum absolute atomic E-state index is 12.1. The van der Waals surface area contributed by atoms with Gasteiger partial charge in [-0.1, -0.05) is 43.5 Å². The molecule has 0 bridgehead atoms. The maximum Gasteiger partial charge on any atom is 0.471 e. The lowest BCUT2D eigenvalue weighted by molar-refractivity contribution is -0.173. The summed E-state index contributed by atoms with van der Waals surface area (Å²) in [6.45, 7) is -0.141. The van der Waals surface area contributed by atoms with E-state index in [9.17, 15) is 18.0 Å². The molecule has 0 aromatic heterocycles. The van der Waals surface area contributed by atoms with Crippen LogP contribution in [0.1, 0.15) is 37.7 Å². The van der Waals surface area contributed by atoms with Crippen molar-refractivity contribution in [1.82, 2.24) is 5.32 Å². The zero-order chi connectivity index (χ0) is 17.4. The smallest absolute Gasteiger partial charge is 0.345 e. The first-order valence-electron chi connectivity index (χ1n) is 8.19. The average molecular weight is 357 g/mol. The lowest BCUT2D eigenvalue weighted by Gasteiger charge is -2.20. The molecule has 2 rings (SSSR count). The van der Waals surface area contributed by atoms with E-state index in [1.165, 1.54) is 43.1 Å². The molecule has 1 fully saturated rings. The lowest BCUT2D eigenvalue weighted by atomic mass is 9.91. The van der Waals surface area contributed by atoms with E-state index in [0.29, 0.717) is 0 Å². The number of alkyl halides is 3. The number of carbonyl (C=O) groups excluding carboxylic acids is 1. The van der Waals surface area contributed by atoms with Gasteiger partial charge in [0.25, 0.3) is 0 Å². The molecule has 6 heteroatoms. The van der Waals surface area contributed by atoms with E-state index in [-0.39, 0.29) is 6.54 Å². The van der Waals surface area contributed by atoms with Crippen LogP contribution in [0.5, 0.6) is 0 Å². The van der Waals surface area contributed by atoms with Crippen molar-refractivity contribution in [2.75, 3.05) is 12.3 Å². The first kappa shape index (κ1) is 18.9. The SMILES string of the molecule is O=C(NC/C=C/c1cccc(SCC2CCCCC2)c1)C(F)(F)F. The summed E-state index contributed by atoms with van der Waals surface area (Å²) in [4.78, 5) is 11.9. The third-order valence-corrected chi connectivity index (χ3v) is 5.24. The van der Waals surface area contributed by atoms with Crippen LogP contribution in [-0.2, 0) is 4.79 Å². The average Bonchev–Trinajstić information content (AvgIpc) is 2.57. The Bertz CT molecular complexity index is 566. The molecule has 0 atom stereocenters. The van der Waals surface area contributed by atoms with Crippen LogP contribution in [0.15, 0.2) is 35.2 Å². The highest BCUT2D eigenvalue weighted by molar-refractivity contribution is 7.99. The third kappa shape index (κ3) is 6.59. The summed E-state index contributed by atoms with van der Waals surface area (Å²) >= 11 is 1.84. The van der Waals surface area contributed by atoms with E-state index < -0.39 is 12.1 Å². The number of benzene rings is 1. The molecule has 1 aliphatic carbocycles. The van der Waals surface area contributed by atoms with E-state index >= 15 is 0 Å². The summed E-state index contributed by atoms with van der Waals surface area (Å²) in [6, 6.07) is 7.91. The molecule has 24 heavy (non-hydrogen) atoms. The Hall–Kier alpha value is -1.43. The van der Waals surface area contributed by atoms with Crippen LogP contribution >= 0.6 is 11.8 Å². The highest BCUT2D eigenvalue weighted by atomic mass is 32.2. The number of thioether (sulfide) groups is 1. The number of hydrogen-bond donors (Lipinski definition) is 1. The summed E-state index contributed by atoms with van der Waals surface area (Å²) in [5.41, 5.74) is 0.921. The van der Waals surface area contributed by atoms with Crippen molar-refractivity contribution >= 4 is 23.7 Å². The van der Waals surface area contributed by atoms with Gasteiger partial charge in [0, 0.05) is 17.2 Å². The van der Waals surface area contributed by atoms with Crippen LogP contribution in [0.2, 0.25) is 0 Å². The van der Waals surface area contributed by atoms with Crippen LogP contribution in [0.3, 0.4) is 0 Å². The number of hydrogen-bond acceptors (Lipinski definition) is 2. The largest absolute Gasteiger partial charge is 0.471 e. The molecule has 0 spiro atoms. The van der Waals surface area contributed by atoms with Crippen LogP contribution in [0.25, 0.3) is 6.08 Å². The quantitative estimate of drug-likeness (QED) is 0.722. The van der Waals surface area contributed by atoms with Crippen LogP contribution in [-0.4, -0.2) is 24.4 Å². The van der Waals surface area contributed by atoms with E-state index in [2.05, 4.69) is 6.07 Å². The van der Waals surface area contributed by atoms with E-state index in [4.69, 9.17) is 0 Å². The van der Waals surface area contributed by atoms with Gasteiger partial charge in [-0.3, -0.25) is 4.79 Å². The Labute approximate surface area is 144 Å². The van der Waals surface area contributed by atoms with Crippen molar-refractivity contribution in [3.8, 4) is 0 Å². The Morgan fingerprint density at radius 2 is 2.00 bits per heavy atom. The monoisotopic (exact) mass is 357 g/mol. The topological polar surface area (TPSA) is 29.1 Å². The van der Waals surface area contributed by atoms with Crippen LogP contribution < -0.4 is 5.32 Å². The first-order valence-corrected chi connectivity index (χ1v) is 9.18. The minimum Gasteiger partial charge on any atom is -0.345 e. The van der Waals surface area contributed by atoms with Gasteiger partial charge in [0.2, 0.25) is 0 Å². The van der Waals surface area contributed by atoms with Gasteiger partial charge in [0.1, 0.15) is 0 Å². The molecule has 1 aromatic rings. The normalized spacial score (nSPS) is 16.5. The van der Waals surface area contributed by atoms with Crippen molar-refractivity contribution in [2.45, 2.75) is 43.2 Å². The second kappa shape index (κ2) is 9.16. The first-order chi connectivity index (χ1) is 11.4. The fourth-order valence-electron chi connectivity index (χ4n) is 2.72. The number of carbonyl (C=O) groups is 1. The van der Waals surface area contributed by atoms with E-state index in [1.807, 2.05) is 35.3 Å². The lowest BCUT2D eigenvalue weighted by Crippen LogP contribution is -2.36. The Balaban J connectivity index is 1.79. The van der Waals surface area contributed by atoms with E-state index in [0.717, 1.165) is 17.2 Å². The molecule has 0 radical (unpaired) electrons. The number of amides is 1. The second-order valence-electron chi connectivity index (χ2n) is 6.00. The fourth-order valence-corrected chi connectivity index (χ4v) is 3.88. The van der Waals surface area contributed by atoms with Crippen molar-refractivity contribution in [3.63, 3.8) is 0 Å². The van der Waals surface area contributed by atoms with Crippen molar-refractivity contribution in [1.29, 1.82) is 0 Å². The minimum absolute atomic E-state index is 0.141. The summed E-state index contributed by atoms with van der Waals surface area (Å²) in [7, 11) is 0. The summed E-state index contributed by atoms with van der Waals surface area (Å²) in [5.74, 6) is -0.00101. The fraction of sp³-hybridized carbons (Fsp3) is 0.500. The molecule has 1 aromatic carbocycles. The molecule has 1 aliphatic rings. The molecular formula is C18H22F3NOS. The van der Waals surface area contributed by atoms with Gasteiger partial charge in [-0.15, -0.1) is 11.8 Å². The van der Waals surface area contributed by atoms with Gasteiger partial charge in [-0.25, -0.2) is 0 Å². The van der Waals surface area contributed by atoms with E-state index in [1.54, 1.807) is 6.08 Å². The highest BCUT2D eigenvalue weighted by Crippen LogP contribution is 2.30. The standard InChI is InChI=1S/C18H22F3NOS/c19-18(20,21)17(23)22-11-5-9-14-8-4-10-16(12-14)24-13-15-6-2-1-3-7-15/h4-5,8-10,12,15H,1-3,6-7,11,13H2,(H,22,23)/b9-5+. The Kier molecular flexibility index (Phi) is 7.21.